The summed E-state index contributed by atoms with van der Waals surface area (Å²) in [4.78, 5) is 11.5. The molecule has 0 bridgehead atoms. The van der Waals surface area contributed by atoms with Crippen LogP contribution in [0.1, 0.15) is 39.0 Å². The standard InChI is InChI=1S/C11H22N2O2/c1-8(7-12)6-11(15)13-9-4-2-3-5-10(9)14/h8-10,14H,2-7,12H2,1H3,(H,13,15)/t8?,9-,10-/m0/s1. The number of nitrogens with one attached hydrogen (secondary N) is 1. The molecule has 0 aliphatic heterocycles. The third-order valence-electron chi connectivity index (χ3n) is 3.01. The molecule has 1 aliphatic carbocycles. The van der Waals surface area contributed by atoms with Gasteiger partial charge in [0.15, 0.2) is 0 Å². The highest BCUT2D eigenvalue weighted by Gasteiger charge is 2.24. The molecule has 3 atom stereocenters. The lowest BCUT2D eigenvalue weighted by atomic mass is 9.92. The molecule has 0 saturated heterocycles. The van der Waals surface area contributed by atoms with E-state index in [0.717, 1.165) is 25.7 Å². The summed E-state index contributed by atoms with van der Waals surface area (Å²) >= 11 is 0. The summed E-state index contributed by atoms with van der Waals surface area (Å²) in [5.41, 5.74) is 5.45. The topological polar surface area (TPSA) is 75.4 Å². The highest BCUT2D eigenvalue weighted by atomic mass is 16.3. The maximum Gasteiger partial charge on any atom is 0.220 e. The van der Waals surface area contributed by atoms with Crippen molar-refractivity contribution in [1.82, 2.24) is 5.32 Å². The van der Waals surface area contributed by atoms with Gasteiger partial charge in [-0.05, 0) is 25.3 Å². The van der Waals surface area contributed by atoms with Crippen molar-refractivity contribution in [2.45, 2.75) is 51.2 Å². The lowest BCUT2D eigenvalue weighted by Gasteiger charge is -2.28. The molecule has 4 N–H and O–H groups in total. The Morgan fingerprint density at radius 3 is 2.80 bits per heavy atom. The van der Waals surface area contributed by atoms with Crippen LogP contribution in [0.3, 0.4) is 0 Å². The lowest BCUT2D eigenvalue weighted by Crippen LogP contribution is -2.45. The molecule has 0 aromatic rings. The molecule has 1 amide bonds. The summed E-state index contributed by atoms with van der Waals surface area (Å²) in [7, 11) is 0. The van der Waals surface area contributed by atoms with E-state index in [-0.39, 0.29) is 24.0 Å². The molecular weight excluding hydrogens is 192 g/mol. The van der Waals surface area contributed by atoms with Gasteiger partial charge in [-0.2, -0.15) is 0 Å². The number of nitrogens with two attached hydrogens (primary N) is 1. The first kappa shape index (κ1) is 12.5. The number of carbonyl (C=O) groups excluding carboxylic acids is 1. The summed E-state index contributed by atoms with van der Waals surface area (Å²) in [6.07, 6.45) is 3.94. The van der Waals surface area contributed by atoms with Crippen molar-refractivity contribution in [2.75, 3.05) is 6.54 Å². The number of hydrogen-bond acceptors (Lipinski definition) is 3. The summed E-state index contributed by atoms with van der Waals surface area (Å²) in [6, 6.07) is -0.0452. The number of rotatable bonds is 4. The van der Waals surface area contributed by atoms with E-state index in [9.17, 15) is 9.90 Å². The fraction of sp³-hybridized carbons (Fsp3) is 0.909. The van der Waals surface area contributed by atoms with Crippen LogP contribution in [-0.4, -0.2) is 29.7 Å². The molecule has 15 heavy (non-hydrogen) atoms. The fourth-order valence-electron chi connectivity index (χ4n) is 1.95. The zero-order valence-electron chi connectivity index (χ0n) is 9.41. The fourth-order valence-corrected chi connectivity index (χ4v) is 1.95. The number of amides is 1. The molecule has 4 heteroatoms. The average molecular weight is 214 g/mol. The molecule has 1 rings (SSSR count). The van der Waals surface area contributed by atoms with Gasteiger partial charge in [0.1, 0.15) is 0 Å². The molecule has 88 valence electrons. The van der Waals surface area contributed by atoms with Crippen molar-refractivity contribution in [1.29, 1.82) is 0 Å². The molecule has 1 aliphatic rings. The van der Waals surface area contributed by atoms with E-state index < -0.39 is 0 Å². The minimum absolute atomic E-state index is 0.0129. The Morgan fingerprint density at radius 2 is 2.20 bits per heavy atom. The van der Waals surface area contributed by atoms with Crippen molar-refractivity contribution >= 4 is 5.91 Å². The molecule has 1 fully saturated rings. The molecule has 0 aromatic heterocycles. The van der Waals surface area contributed by atoms with Crippen molar-refractivity contribution in [3.05, 3.63) is 0 Å². The van der Waals surface area contributed by atoms with Gasteiger partial charge in [0.2, 0.25) is 5.91 Å². The van der Waals surface area contributed by atoms with E-state index in [0.29, 0.717) is 13.0 Å². The van der Waals surface area contributed by atoms with Crippen molar-refractivity contribution in [3.8, 4) is 0 Å². The van der Waals surface area contributed by atoms with Crippen molar-refractivity contribution in [3.63, 3.8) is 0 Å². The third kappa shape index (κ3) is 4.18. The van der Waals surface area contributed by atoms with E-state index in [1.807, 2.05) is 6.92 Å². The predicted octanol–water partition coefficient (Wildman–Crippen LogP) is 0.391. The van der Waals surface area contributed by atoms with Gasteiger partial charge >= 0.3 is 0 Å². The Kier molecular flexibility index (Phi) is 5.05. The van der Waals surface area contributed by atoms with Crippen LogP contribution in [-0.2, 0) is 4.79 Å². The Balaban J connectivity index is 2.29. The van der Waals surface area contributed by atoms with Gasteiger partial charge in [0.25, 0.3) is 0 Å². The molecule has 1 unspecified atom stereocenters. The second-order valence-electron chi connectivity index (χ2n) is 4.57. The summed E-state index contributed by atoms with van der Waals surface area (Å²) < 4.78 is 0. The van der Waals surface area contributed by atoms with E-state index in [1.54, 1.807) is 0 Å². The highest BCUT2D eigenvalue weighted by molar-refractivity contribution is 5.76. The summed E-state index contributed by atoms with van der Waals surface area (Å²) in [6.45, 7) is 2.48. The quantitative estimate of drug-likeness (QED) is 0.633. The second-order valence-corrected chi connectivity index (χ2v) is 4.57. The number of aliphatic hydroxyl groups excluding tert-OH is 1. The zero-order chi connectivity index (χ0) is 11.3. The van der Waals surface area contributed by atoms with Crippen LogP contribution in [0.4, 0.5) is 0 Å². The Morgan fingerprint density at radius 1 is 1.53 bits per heavy atom. The first-order valence-electron chi connectivity index (χ1n) is 5.81. The van der Waals surface area contributed by atoms with E-state index in [4.69, 9.17) is 5.73 Å². The Bertz CT molecular complexity index is 209. The van der Waals surface area contributed by atoms with Gasteiger partial charge in [-0.25, -0.2) is 0 Å². The van der Waals surface area contributed by atoms with Gasteiger partial charge in [0.05, 0.1) is 12.1 Å². The minimum Gasteiger partial charge on any atom is -0.391 e. The normalized spacial score (nSPS) is 28.5. The van der Waals surface area contributed by atoms with Crippen LogP contribution in [0, 0.1) is 5.92 Å². The number of hydrogen-bond donors (Lipinski definition) is 3. The van der Waals surface area contributed by atoms with E-state index in [1.165, 1.54) is 0 Å². The number of aliphatic hydroxyl groups is 1. The maximum absolute atomic E-state index is 11.5. The van der Waals surface area contributed by atoms with E-state index in [2.05, 4.69) is 5.32 Å². The van der Waals surface area contributed by atoms with Crippen LogP contribution in [0.25, 0.3) is 0 Å². The molecule has 1 saturated carbocycles. The lowest BCUT2D eigenvalue weighted by molar-refractivity contribution is -0.123. The van der Waals surface area contributed by atoms with Gasteiger partial charge in [-0.15, -0.1) is 0 Å². The first-order valence-corrected chi connectivity index (χ1v) is 5.81. The van der Waals surface area contributed by atoms with Crippen LogP contribution in [0.5, 0.6) is 0 Å². The summed E-state index contributed by atoms with van der Waals surface area (Å²) in [5.74, 6) is 0.227. The van der Waals surface area contributed by atoms with Gasteiger partial charge in [-0.3, -0.25) is 4.79 Å². The number of carbonyl (C=O) groups is 1. The largest absolute Gasteiger partial charge is 0.391 e. The van der Waals surface area contributed by atoms with Crippen molar-refractivity contribution in [2.24, 2.45) is 11.7 Å². The van der Waals surface area contributed by atoms with E-state index >= 15 is 0 Å². The predicted molar refractivity (Wildman–Crippen MR) is 59.2 cm³/mol. The Labute approximate surface area is 91.2 Å². The van der Waals surface area contributed by atoms with Crippen LogP contribution >= 0.6 is 0 Å². The first-order chi connectivity index (χ1) is 7.13. The van der Waals surface area contributed by atoms with Crippen LogP contribution in [0.15, 0.2) is 0 Å². The zero-order valence-corrected chi connectivity index (χ0v) is 9.41. The molecule has 0 heterocycles. The smallest absolute Gasteiger partial charge is 0.220 e. The van der Waals surface area contributed by atoms with Crippen LogP contribution in [0.2, 0.25) is 0 Å². The maximum atomic E-state index is 11.5. The van der Waals surface area contributed by atoms with Gasteiger partial charge in [-0.1, -0.05) is 19.8 Å². The monoisotopic (exact) mass is 214 g/mol. The van der Waals surface area contributed by atoms with Crippen molar-refractivity contribution < 1.29 is 9.90 Å². The molecular formula is C11H22N2O2. The summed E-state index contributed by atoms with van der Waals surface area (Å²) in [5, 5.41) is 12.6. The SMILES string of the molecule is CC(CN)CC(=O)N[C@H]1CCCC[C@@H]1O. The Hall–Kier alpha value is -0.610. The molecule has 0 spiro atoms. The highest BCUT2D eigenvalue weighted by Crippen LogP contribution is 2.18. The molecule has 0 radical (unpaired) electrons. The van der Waals surface area contributed by atoms with Gasteiger partial charge < -0.3 is 16.2 Å². The van der Waals surface area contributed by atoms with Crippen LogP contribution < -0.4 is 11.1 Å². The third-order valence-corrected chi connectivity index (χ3v) is 3.01. The minimum atomic E-state index is -0.365. The second kappa shape index (κ2) is 6.08. The average Bonchev–Trinajstić information content (AvgIpc) is 2.21. The van der Waals surface area contributed by atoms with Gasteiger partial charge in [0, 0.05) is 6.42 Å². The molecule has 4 nitrogen and oxygen atoms in total. The molecule has 0 aromatic carbocycles.